The third-order valence-electron chi connectivity index (χ3n) is 3.46. The second-order valence-corrected chi connectivity index (χ2v) is 8.07. The van der Waals surface area contributed by atoms with Crippen molar-refractivity contribution in [3.63, 3.8) is 0 Å². The Morgan fingerprint density at radius 3 is 2.48 bits per heavy atom. The van der Waals surface area contributed by atoms with Gasteiger partial charge in [0.05, 0.1) is 5.56 Å². The summed E-state index contributed by atoms with van der Waals surface area (Å²) in [4.78, 5) is 13.4. The first kappa shape index (κ1) is 16.4. The van der Waals surface area contributed by atoms with Crippen molar-refractivity contribution in [1.29, 1.82) is 0 Å². The molecule has 1 aliphatic rings. The van der Waals surface area contributed by atoms with Crippen LogP contribution in [-0.4, -0.2) is 44.6 Å². The molecule has 1 fully saturated rings. The van der Waals surface area contributed by atoms with Gasteiger partial charge in [-0.15, -0.1) is 0 Å². The highest BCUT2D eigenvalue weighted by Crippen LogP contribution is 2.26. The van der Waals surface area contributed by atoms with Crippen molar-refractivity contribution in [3.05, 3.63) is 28.0 Å². The number of sulfone groups is 1. The third kappa shape index (κ3) is 3.61. The molecule has 2 N–H and O–H groups in total. The SMILES string of the molecule is CS(=O)(=O)c1cc(Br)cc(C(=O)N2CCC(N)CC2)c1F. The Morgan fingerprint density at radius 2 is 1.95 bits per heavy atom. The highest BCUT2D eigenvalue weighted by molar-refractivity contribution is 9.10. The zero-order valence-corrected chi connectivity index (χ0v) is 13.9. The van der Waals surface area contributed by atoms with E-state index >= 15 is 0 Å². The van der Waals surface area contributed by atoms with Gasteiger partial charge in [-0.05, 0) is 25.0 Å². The van der Waals surface area contributed by atoms with Crippen LogP contribution in [-0.2, 0) is 9.84 Å². The maximum atomic E-state index is 14.4. The van der Waals surface area contributed by atoms with Crippen molar-refractivity contribution in [3.8, 4) is 0 Å². The smallest absolute Gasteiger partial charge is 0.256 e. The summed E-state index contributed by atoms with van der Waals surface area (Å²) in [5.74, 6) is -1.51. The third-order valence-corrected chi connectivity index (χ3v) is 5.01. The lowest BCUT2D eigenvalue weighted by Gasteiger charge is -2.30. The van der Waals surface area contributed by atoms with E-state index in [0.717, 1.165) is 12.3 Å². The Labute approximate surface area is 131 Å². The van der Waals surface area contributed by atoms with Gasteiger partial charge in [-0.3, -0.25) is 4.79 Å². The van der Waals surface area contributed by atoms with Crippen molar-refractivity contribution < 1.29 is 17.6 Å². The van der Waals surface area contributed by atoms with Crippen molar-refractivity contribution in [2.75, 3.05) is 19.3 Å². The Bertz CT molecular complexity index is 670. The molecule has 0 radical (unpaired) electrons. The molecule has 2 rings (SSSR count). The highest BCUT2D eigenvalue weighted by atomic mass is 79.9. The van der Waals surface area contributed by atoms with Gasteiger partial charge in [0.15, 0.2) is 15.7 Å². The maximum Gasteiger partial charge on any atom is 0.256 e. The largest absolute Gasteiger partial charge is 0.338 e. The van der Waals surface area contributed by atoms with Crippen LogP contribution in [0.5, 0.6) is 0 Å². The van der Waals surface area contributed by atoms with Crippen LogP contribution in [0.3, 0.4) is 0 Å². The fraction of sp³-hybridized carbons (Fsp3) is 0.462. The monoisotopic (exact) mass is 378 g/mol. The molecule has 1 saturated heterocycles. The number of carbonyl (C=O) groups excluding carboxylic acids is 1. The van der Waals surface area contributed by atoms with Gasteiger partial charge < -0.3 is 10.6 Å². The minimum atomic E-state index is -3.75. The van der Waals surface area contributed by atoms with Crippen LogP contribution in [0.4, 0.5) is 4.39 Å². The van der Waals surface area contributed by atoms with E-state index < -0.39 is 26.5 Å². The number of hydrogen-bond donors (Lipinski definition) is 1. The Kier molecular flexibility index (Phi) is 4.69. The number of rotatable bonds is 2. The molecule has 0 unspecified atom stereocenters. The molecule has 0 saturated carbocycles. The molecule has 0 aliphatic carbocycles. The number of hydrogen-bond acceptors (Lipinski definition) is 4. The van der Waals surface area contributed by atoms with E-state index in [9.17, 15) is 17.6 Å². The van der Waals surface area contributed by atoms with Crippen molar-refractivity contribution in [1.82, 2.24) is 4.90 Å². The normalized spacial score (nSPS) is 17.0. The number of nitrogens with two attached hydrogens (primary N) is 1. The van der Waals surface area contributed by atoms with Crippen molar-refractivity contribution >= 4 is 31.7 Å². The van der Waals surface area contributed by atoms with E-state index in [0.29, 0.717) is 30.4 Å². The average Bonchev–Trinajstić information content (AvgIpc) is 2.40. The Morgan fingerprint density at radius 1 is 1.38 bits per heavy atom. The quantitative estimate of drug-likeness (QED) is 0.846. The summed E-state index contributed by atoms with van der Waals surface area (Å²) in [6.07, 6.45) is 2.21. The molecule has 1 aromatic rings. The van der Waals surface area contributed by atoms with E-state index in [1.807, 2.05) is 0 Å². The van der Waals surface area contributed by atoms with Crippen LogP contribution >= 0.6 is 15.9 Å². The van der Waals surface area contributed by atoms with Crippen LogP contribution in [0.1, 0.15) is 23.2 Å². The van der Waals surface area contributed by atoms with Crippen molar-refractivity contribution in [2.24, 2.45) is 5.73 Å². The molecule has 1 aromatic carbocycles. The van der Waals surface area contributed by atoms with E-state index in [2.05, 4.69) is 15.9 Å². The average molecular weight is 379 g/mol. The van der Waals surface area contributed by atoms with Gasteiger partial charge in [0, 0.05) is 29.9 Å². The Balaban J connectivity index is 2.40. The maximum absolute atomic E-state index is 14.4. The first-order chi connectivity index (χ1) is 9.70. The summed E-state index contributed by atoms with van der Waals surface area (Å²) < 4.78 is 37.9. The molecule has 8 heteroatoms. The van der Waals surface area contributed by atoms with Gasteiger partial charge in [0.2, 0.25) is 0 Å². The molecular formula is C13H16BrFN2O3S. The van der Waals surface area contributed by atoms with Gasteiger partial charge in [-0.2, -0.15) is 0 Å². The molecule has 116 valence electrons. The van der Waals surface area contributed by atoms with E-state index in [1.54, 1.807) is 0 Å². The number of piperidine rings is 1. The van der Waals surface area contributed by atoms with Gasteiger partial charge >= 0.3 is 0 Å². The fourth-order valence-corrected chi connectivity index (χ4v) is 3.65. The number of benzene rings is 1. The molecule has 5 nitrogen and oxygen atoms in total. The molecule has 1 heterocycles. The van der Waals surface area contributed by atoms with Gasteiger partial charge in [-0.25, -0.2) is 12.8 Å². The van der Waals surface area contributed by atoms with E-state index in [1.165, 1.54) is 11.0 Å². The summed E-state index contributed by atoms with van der Waals surface area (Å²) in [6.45, 7) is 0.889. The predicted molar refractivity (Wildman–Crippen MR) is 80.3 cm³/mol. The fourth-order valence-electron chi connectivity index (χ4n) is 2.26. The minimum absolute atomic E-state index is 0.0491. The molecule has 21 heavy (non-hydrogen) atoms. The lowest BCUT2D eigenvalue weighted by molar-refractivity contribution is 0.0709. The second kappa shape index (κ2) is 6.02. The topological polar surface area (TPSA) is 80.5 Å². The predicted octanol–water partition coefficient (Wildman–Crippen LogP) is 1.56. The van der Waals surface area contributed by atoms with Crippen LogP contribution in [0.15, 0.2) is 21.5 Å². The number of halogens is 2. The molecule has 1 aliphatic heterocycles. The van der Waals surface area contributed by atoms with Crippen LogP contribution < -0.4 is 5.73 Å². The minimum Gasteiger partial charge on any atom is -0.338 e. The summed E-state index contributed by atoms with van der Waals surface area (Å²) in [5, 5.41) is 0. The van der Waals surface area contributed by atoms with Crippen molar-refractivity contribution in [2.45, 2.75) is 23.8 Å². The molecule has 0 spiro atoms. The summed E-state index contributed by atoms with van der Waals surface area (Å²) in [5.41, 5.74) is 5.54. The molecular weight excluding hydrogens is 363 g/mol. The van der Waals surface area contributed by atoms with Crippen LogP contribution in [0, 0.1) is 5.82 Å². The van der Waals surface area contributed by atoms with Crippen LogP contribution in [0.25, 0.3) is 0 Å². The number of amides is 1. The summed E-state index contributed by atoms with van der Waals surface area (Å²) >= 11 is 3.12. The number of nitrogens with zero attached hydrogens (tertiary/aromatic N) is 1. The van der Waals surface area contributed by atoms with Gasteiger partial charge in [0.1, 0.15) is 4.90 Å². The lowest BCUT2D eigenvalue weighted by Crippen LogP contribution is -2.43. The van der Waals surface area contributed by atoms with E-state index in [4.69, 9.17) is 5.73 Å². The van der Waals surface area contributed by atoms with Gasteiger partial charge in [0.25, 0.3) is 5.91 Å². The first-order valence-electron chi connectivity index (χ1n) is 6.44. The lowest BCUT2D eigenvalue weighted by atomic mass is 10.0. The molecule has 0 atom stereocenters. The summed E-state index contributed by atoms with van der Waals surface area (Å²) in [6, 6.07) is 2.52. The molecule has 0 bridgehead atoms. The molecule has 0 aromatic heterocycles. The number of likely N-dealkylation sites (tertiary alicyclic amines) is 1. The zero-order chi connectivity index (χ0) is 15.8. The van der Waals surface area contributed by atoms with Crippen LogP contribution in [0.2, 0.25) is 0 Å². The second-order valence-electron chi connectivity index (χ2n) is 5.17. The molecule has 1 amide bonds. The number of carbonyl (C=O) groups is 1. The van der Waals surface area contributed by atoms with E-state index in [-0.39, 0.29) is 11.6 Å². The summed E-state index contributed by atoms with van der Waals surface area (Å²) in [7, 11) is -3.75. The zero-order valence-electron chi connectivity index (χ0n) is 11.5. The first-order valence-corrected chi connectivity index (χ1v) is 9.12. The Hall–Kier alpha value is -0.990. The standard InChI is InChI=1S/C13H16BrFN2O3S/c1-21(19,20)11-7-8(14)6-10(12(11)15)13(18)17-4-2-9(16)3-5-17/h6-7,9H,2-5,16H2,1H3. The van der Waals surface area contributed by atoms with Gasteiger partial charge in [-0.1, -0.05) is 15.9 Å². The highest BCUT2D eigenvalue weighted by Gasteiger charge is 2.27.